The van der Waals surface area contributed by atoms with Gasteiger partial charge in [-0.2, -0.15) is 0 Å². The van der Waals surface area contributed by atoms with Gasteiger partial charge in [-0.3, -0.25) is 0 Å². The normalized spacial score (nSPS) is 19.9. The van der Waals surface area contributed by atoms with E-state index in [2.05, 4.69) is 32.7 Å². The molecule has 1 aromatic carbocycles. The Morgan fingerprint density at radius 3 is 2.42 bits per heavy atom. The van der Waals surface area contributed by atoms with Crippen molar-refractivity contribution in [2.45, 2.75) is 50.9 Å². The molecule has 1 aliphatic carbocycles. The van der Waals surface area contributed by atoms with Crippen LogP contribution in [0.1, 0.15) is 44.6 Å². The van der Waals surface area contributed by atoms with Gasteiger partial charge in [-0.1, -0.05) is 12.8 Å². The molecule has 142 valence electrons. The summed E-state index contributed by atoms with van der Waals surface area (Å²) >= 11 is 0. The molecule has 0 radical (unpaired) electrons. The van der Waals surface area contributed by atoms with Gasteiger partial charge in [-0.25, -0.2) is 4.98 Å². The first-order chi connectivity index (χ1) is 12.7. The van der Waals surface area contributed by atoms with Gasteiger partial charge in [-0.05, 0) is 43.9 Å². The van der Waals surface area contributed by atoms with Crippen LogP contribution >= 0.6 is 0 Å². The van der Waals surface area contributed by atoms with E-state index in [1.54, 1.807) is 14.2 Å². The number of piperidine rings is 1. The number of benzene rings is 1. The van der Waals surface area contributed by atoms with E-state index in [1.807, 2.05) is 0 Å². The molecule has 2 aliphatic rings. The van der Waals surface area contributed by atoms with E-state index in [9.17, 15) is 0 Å². The Kier molecular flexibility index (Phi) is 5.05. The summed E-state index contributed by atoms with van der Waals surface area (Å²) in [6.07, 6.45) is 7.06. The zero-order chi connectivity index (χ0) is 18.1. The van der Waals surface area contributed by atoms with Crippen molar-refractivity contribution in [3.63, 3.8) is 0 Å². The molecule has 0 bridgehead atoms. The standard InChI is InChI=1S/C20H30N4O2/c1-25-19(26-2)14-9-11-23(12-10-14)16-7-8-18-17(13-16)22-20(21)24(18)15-5-3-4-6-15/h7-8,13-15,19H,3-6,9-12H2,1-2H3,(H2,21,22). The van der Waals surface area contributed by atoms with Gasteiger partial charge in [-0.15, -0.1) is 0 Å². The predicted molar refractivity (Wildman–Crippen MR) is 104 cm³/mol. The van der Waals surface area contributed by atoms with Crippen molar-refractivity contribution < 1.29 is 9.47 Å². The second-order valence-corrected chi connectivity index (χ2v) is 7.62. The van der Waals surface area contributed by atoms with Crippen molar-refractivity contribution in [1.82, 2.24) is 9.55 Å². The second kappa shape index (κ2) is 7.45. The monoisotopic (exact) mass is 358 g/mol. The highest BCUT2D eigenvalue weighted by Crippen LogP contribution is 2.36. The molecule has 2 heterocycles. The number of ether oxygens (including phenoxy) is 2. The summed E-state index contributed by atoms with van der Waals surface area (Å²) in [5, 5.41) is 0. The lowest BCUT2D eigenvalue weighted by Gasteiger charge is -2.36. The van der Waals surface area contributed by atoms with Gasteiger partial charge in [0.25, 0.3) is 0 Å². The van der Waals surface area contributed by atoms with Crippen LogP contribution in [0, 0.1) is 5.92 Å². The van der Waals surface area contributed by atoms with Crippen LogP contribution in [0.25, 0.3) is 11.0 Å². The average molecular weight is 358 g/mol. The highest BCUT2D eigenvalue weighted by atomic mass is 16.7. The number of imidazole rings is 1. The van der Waals surface area contributed by atoms with Crippen LogP contribution in [0.3, 0.4) is 0 Å². The van der Waals surface area contributed by atoms with E-state index in [0.29, 0.717) is 17.9 Å². The van der Waals surface area contributed by atoms with E-state index in [-0.39, 0.29) is 6.29 Å². The number of nitrogens with zero attached hydrogens (tertiary/aromatic N) is 3. The summed E-state index contributed by atoms with van der Waals surface area (Å²) in [7, 11) is 3.44. The van der Waals surface area contributed by atoms with Gasteiger partial charge in [0.05, 0.1) is 11.0 Å². The number of anilines is 2. The van der Waals surface area contributed by atoms with E-state index in [0.717, 1.165) is 31.4 Å². The third kappa shape index (κ3) is 3.16. The lowest BCUT2D eigenvalue weighted by molar-refractivity contribution is -0.141. The second-order valence-electron chi connectivity index (χ2n) is 7.62. The molecular weight excluding hydrogens is 328 g/mol. The maximum absolute atomic E-state index is 6.25. The smallest absolute Gasteiger partial charge is 0.201 e. The molecule has 1 aliphatic heterocycles. The van der Waals surface area contributed by atoms with Crippen molar-refractivity contribution >= 4 is 22.7 Å². The lowest BCUT2D eigenvalue weighted by atomic mass is 9.95. The number of hydrogen-bond acceptors (Lipinski definition) is 5. The van der Waals surface area contributed by atoms with Gasteiger partial charge in [0.1, 0.15) is 0 Å². The Morgan fingerprint density at radius 2 is 1.77 bits per heavy atom. The number of methoxy groups -OCH3 is 2. The summed E-state index contributed by atoms with van der Waals surface area (Å²) in [6, 6.07) is 7.13. The zero-order valence-electron chi connectivity index (χ0n) is 15.9. The largest absolute Gasteiger partial charge is 0.371 e. The third-order valence-corrected chi connectivity index (χ3v) is 6.14. The quantitative estimate of drug-likeness (QED) is 0.828. The molecule has 2 N–H and O–H groups in total. The molecule has 6 nitrogen and oxygen atoms in total. The molecule has 0 atom stereocenters. The highest BCUT2D eigenvalue weighted by molar-refractivity contribution is 5.82. The zero-order valence-corrected chi connectivity index (χ0v) is 15.9. The van der Waals surface area contributed by atoms with Gasteiger partial charge in [0, 0.05) is 45.0 Å². The average Bonchev–Trinajstić information content (AvgIpc) is 3.29. The Hall–Kier alpha value is -1.79. The minimum Gasteiger partial charge on any atom is -0.371 e. The number of rotatable bonds is 5. The predicted octanol–water partition coefficient (Wildman–Crippen LogP) is 3.57. The van der Waals surface area contributed by atoms with Crippen molar-refractivity contribution in [1.29, 1.82) is 0 Å². The summed E-state index contributed by atoms with van der Waals surface area (Å²) < 4.78 is 13.1. The molecule has 2 aromatic rings. The molecule has 1 saturated heterocycles. The fourth-order valence-corrected chi connectivity index (χ4v) is 4.76. The molecule has 6 heteroatoms. The van der Waals surface area contributed by atoms with Gasteiger partial charge < -0.3 is 24.7 Å². The Bertz CT molecular complexity index is 742. The first-order valence-corrected chi connectivity index (χ1v) is 9.79. The summed E-state index contributed by atoms with van der Waals surface area (Å²) in [4.78, 5) is 7.09. The Labute approximate surface area is 155 Å². The van der Waals surface area contributed by atoms with Crippen LogP contribution in [0.2, 0.25) is 0 Å². The first-order valence-electron chi connectivity index (χ1n) is 9.79. The van der Waals surface area contributed by atoms with E-state index in [4.69, 9.17) is 15.2 Å². The van der Waals surface area contributed by atoms with E-state index >= 15 is 0 Å². The number of hydrogen-bond donors (Lipinski definition) is 1. The third-order valence-electron chi connectivity index (χ3n) is 6.14. The Balaban J connectivity index is 1.52. The molecular formula is C20H30N4O2. The number of nitrogen functional groups attached to an aromatic ring is 1. The fraction of sp³-hybridized carbons (Fsp3) is 0.650. The van der Waals surface area contributed by atoms with Crippen molar-refractivity contribution in [2.24, 2.45) is 5.92 Å². The molecule has 1 saturated carbocycles. The van der Waals surface area contributed by atoms with Crippen LogP contribution in [-0.2, 0) is 9.47 Å². The summed E-state index contributed by atoms with van der Waals surface area (Å²) in [5.74, 6) is 1.12. The molecule has 2 fully saturated rings. The van der Waals surface area contributed by atoms with Gasteiger partial charge >= 0.3 is 0 Å². The summed E-state index contributed by atoms with van der Waals surface area (Å²) in [5.41, 5.74) is 9.68. The van der Waals surface area contributed by atoms with Crippen LogP contribution in [-0.4, -0.2) is 43.2 Å². The minimum atomic E-state index is -0.0958. The molecule has 0 unspecified atom stereocenters. The highest BCUT2D eigenvalue weighted by Gasteiger charge is 2.27. The van der Waals surface area contributed by atoms with Crippen molar-refractivity contribution in [3.8, 4) is 0 Å². The van der Waals surface area contributed by atoms with E-state index < -0.39 is 0 Å². The summed E-state index contributed by atoms with van der Waals surface area (Å²) in [6.45, 7) is 2.02. The van der Waals surface area contributed by atoms with E-state index in [1.165, 1.54) is 36.9 Å². The molecule has 4 rings (SSSR count). The maximum Gasteiger partial charge on any atom is 0.201 e. The van der Waals surface area contributed by atoms with Gasteiger partial charge in [0.15, 0.2) is 6.29 Å². The molecule has 26 heavy (non-hydrogen) atoms. The van der Waals surface area contributed by atoms with Gasteiger partial charge in [0.2, 0.25) is 5.95 Å². The maximum atomic E-state index is 6.25. The number of nitrogens with two attached hydrogens (primary N) is 1. The number of aromatic nitrogens is 2. The van der Waals surface area contributed by atoms with Crippen LogP contribution < -0.4 is 10.6 Å². The van der Waals surface area contributed by atoms with Crippen LogP contribution in [0.5, 0.6) is 0 Å². The van der Waals surface area contributed by atoms with Crippen molar-refractivity contribution in [3.05, 3.63) is 18.2 Å². The lowest BCUT2D eigenvalue weighted by Crippen LogP contribution is -2.39. The first kappa shape index (κ1) is 17.6. The molecule has 0 amide bonds. The van der Waals surface area contributed by atoms with Crippen molar-refractivity contribution in [2.75, 3.05) is 37.9 Å². The SMILES string of the molecule is COC(OC)C1CCN(c2ccc3c(c2)nc(N)n3C2CCCC2)CC1. The fourth-order valence-electron chi connectivity index (χ4n) is 4.76. The molecule has 0 spiro atoms. The van der Waals surface area contributed by atoms with Crippen LogP contribution in [0.4, 0.5) is 11.6 Å². The number of fused-ring (bicyclic) bond motifs is 1. The Morgan fingerprint density at radius 1 is 1.08 bits per heavy atom. The topological polar surface area (TPSA) is 65.5 Å². The molecule has 1 aromatic heterocycles. The van der Waals surface area contributed by atoms with Crippen LogP contribution in [0.15, 0.2) is 18.2 Å². The minimum absolute atomic E-state index is 0.0958.